The molecule has 4 rings (SSSR count). The average Bonchev–Trinajstić information content (AvgIpc) is 3.09. The van der Waals surface area contributed by atoms with Crippen LogP contribution in [0.15, 0.2) is 69.6 Å². The number of hydrogen-bond acceptors (Lipinski definition) is 8. The highest BCUT2D eigenvalue weighted by Gasteiger charge is 2.33. The van der Waals surface area contributed by atoms with Gasteiger partial charge in [0.05, 0.1) is 33.4 Å². The molecule has 10 heteroatoms. The van der Waals surface area contributed by atoms with Crippen molar-refractivity contribution in [3.05, 3.63) is 101 Å². The van der Waals surface area contributed by atoms with Crippen LogP contribution in [0.25, 0.3) is 6.08 Å². The highest BCUT2D eigenvalue weighted by molar-refractivity contribution is 7.07. The largest absolute Gasteiger partial charge is 0.502 e. The SMILES string of the molecule is CCOC(=O)C1=C(C)N=c2s/c(=C/c3ccc(O)c([N+](=O)[O-])c3)c(=O)n2C1c1ccccc1. The van der Waals surface area contributed by atoms with E-state index in [1.54, 1.807) is 13.8 Å². The Bertz CT molecular complexity index is 1470. The van der Waals surface area contributed by atoms with E-state index in [-0.39, 0.29) is 16.7 Å². The lowest BCUT2D eigenvalue weighted by molar-refractivity contribution is -0.385. The maximum atomic E-state index is 13.4. The first-order chi connectivity index (χ1) is 15.8. The number of nitro groups is 1. The Morgan fingerprint density at radius 1 is 1.30 bits per heavy atom. The summed E-state index contributed by atoms with van der Waals surface area (Å²) in [5, 5.41) is 20.8. The quantitative estimate of drug-likeness (QED) is 0.351. The monoisotopic (exact) mass is 465 g/mol. The molecule has 3 aromatic rings. The second kappa shape index (κ2) is 8.83. The third-order valence-corrected chi connectivity index (χ3v) is 6.11. The van der Waals surface area contributed by atoms with Gasteiger partial charge in [-0.2, -0.15) is 0 Å². The number of aromatic hydroxyl groups is 1. The highest BCUT2D eigenvalue weighted by atomic mass is 32.1. The lowest BCUT2D eigenvalue weighted by atomic mass is 9.96. The number of phenolic OH excluding ortho intramolecular Hbond substituents is 1. The van der Waals surface area contributed by atoms with Crippen LogP contribution in [0.4, 0.5) is 5.69 Å². The van der Waals surface area contributed by atoms with E-state index in [2.05, 4.69) is 4.99 Å². The molecule has 2 heterocycles. The highest BCUT2D eigenvalue weighted by Crippen LogP contribution is 2.30. The fourth-order valence-corrected chi connectivity index (χ4v) is 4.72. The number of thiazole rings is 1. The van der Waals surface area contributed by atoms with Crippen LogP contribution in [0.5, 0.6) is 5.75 Å². The minimum absolute atomic E-state index is 0.182. The summed E-state index contributed by atoms with van der Waals surface area (Å²) < 4.78 is 6.97. The Morgan fingerprint density at radius 2 is 2.03 bits per heavy atom. The molecule has 168 valence electrons. The summed E-state index contributed by atoms with van der Waals surface area (Å²) >= 11 is 1.11. The second-order valence-corrected chi connectivity index (χ2v) is 8.23. The van der Waals surface area contributed by atoms with Gasteiger partial charge in [0.25, 0.3) is 5.56 Å². The molecule has 1 aliphatic heterocycles. The van der Waals surface area contributed by atoms with Crippen molar-refractivity contribution in [2.75, 3.05) is 6.61 Å². The standard InChI is InChI=1S/C23H19N3O6S/c1-3-32-22(29)19-13(2)24-23-25(20(19)15-7-5-4-6-8-15)21(28)18(33-23)12-14-9-10-17(27)16(11-14)26(30)31/h4-12,20,27H,3H2,1-2H3/b18-12+. The number of carbonyl (C=O) groups is 1. The van der Waals surface area contributed by atoms with E-state index in [1.807, 2.05) is 30.3 Å². The summed E-state index contributed by atoms with van der Waals surface area (Å²) in [4.78, 5) is 41.6. The fourth-order valence-electron chi connectivity index (χ4n) is 3.67. The molecule has 1 aliphatic rings. The van der Waals surface area contributed by atoms with Crippen LogP contribution in [-0.4, -0.2) is 27.2 Å². The topological polar surface area (TPSA) is 124 Å². The molecular formula is C23H19N3O6S. The number of esters is 1. The van der Waals surface area contributed by atoms with Gasteiger partial charge in [-0.05, 0) is 37.1 Å². The van der Waals surface area contributed by atoms with Crippen LogP contribution >= 0.6 is 11.3 Å². The van der Waals surface area contributed by atoms with Gasteiger partial charge < -0.3 is 9.84 Å². The van der Waals surface area contributed by atoms with Gasteiger partial charge in [-0.3, -0.25) is 19.5 Å². The summed E-state index contributed by atoms with van der Waals surface area (Å²) in [6, 6.07) is 12.3. The molecule has 1 unspecified atom stereocenters. The third kappa shape index (κ3) is 4.08. The van der Waals surface area contributed by atoms with Crippen molar-refractivity contribution in [1.29, 1.82) is 0 Å². The molecule has 0 spiro atoms. The second-order valence-electron chi connectivity index (χ2n) is 7.22. The molecule has 0 saturated heterocycles. The number of nitro benzene ring substituents is 1. The normalized spacial score (nSPS) is 15.7. The number of allylic oxidation sites excluding steroid dienone is 1. The summed E-state index contributed by atoms with van der Waals surface area (Å²) in [5.41, 5.74) is 0.986. The van der Waals surface area contributed by atoms with Gasteiger partial charge >= 0.3 is 11.7 Å². The minimum Gasteiger partial charge on any atom is -0.502 e. The summed E-state index contributed by atoms with van der Waals surface area (Å²) in [5.74, 6) is -1.01. The van der Waals surface area contributed by atoms with Crippen LogP contribution in [-0.2, 0) is 9.53 Å². The molecule has 9 nitrogen and oxygen atoms in total. The van der Waals surface area contributed by atoms with Gasteiger partial charge in [0, 0.05) is 6.07 Å². The number of hydrogen-bond donors (Lipinski definition) is 1. The number of benzene rings is 2. The maximum absolute atomic E-state index is 13.4. The molecule has 0 aliphatic carbocycles. The fraction of sp³-hybridized carbons (Fsp3) is 0.174. The van der Waals surface area contributed by atoms with E-state index in [1.165, 1.54) is 28.8 Å². The molecule has 1 N–H and O–H groups in total. The number of fused-ring (bicyclic) bond motifs is 1. The summed E-state index contributed by atoms with van der Waals surface area (Å²) in [7, 11) is 0. The van der Waals surface area contributed by atoms with Crippen LogP contribution in [0.2, 0.25) is 0 Å². The van der Waals surface area contributed by atoms with Gasteiger partial charge in [-0.15, -0.1) is 0 Å². The van der Waals surface area contributed by atoms with E-state index in [0.29, 0.717) is 16.1 Å². The van der Waals surface area contributed by atoms with E-state index in [4.69, 9.17) is 4.74 Å². The third-order valence-electron chi connectivity index (χ3n) is 5.13. The molecular weight excluding hydrogens is 446 g/mol. The maximum Gasteiger partial charge on any atom is 0.338 e. The Hall–Kier alpha value is -4.05. The molecule has 0 fully saturated rings. The lowest BCUT2D eigenvalue weighted by Gasteiger charge is -2.24. The zero-order valence-electron chi connectivity index (χ0n) is 17.7. The molecule has 1 atom stereocenters. The molecule has 0 radical (unpaired) electrons. The molecule has 0 bridgehead atoms. The first-order valence-corrected chi connectivity index (χ1v) is 10.9. The lowest BCUT2D eigenvalue weighted by Crippen LogP contribution is -2.39. The van der Waals surface area contributed by atoms with Crippen molar-refractivity contribution in [3.8, 4) is 5.75 Å². The van der Waals surface area contributed by atoms with Crippen molar-refractivity contribution in [2.45, 2.75) is 19.9 Å². The van der Waals surface area contributed by atoms with E-state index >= 15 is 0 Å². The summed E-state index contributed by atoms with van der Waals surface area (Å²) in [6.45, 7) is 3.58. The van der Waals surface area contributed by atoms with Gasteiger partial charge in [0.1, 0.15) is 0 Å². The molecule has 0 amide bonds. The molecule has 2 aromatic carbocycles. The van der Waals surface area contributed by atoms with Gasteiger partial charge in [0.15, 0.2) is 10.6 Å². The van der Waals surface area contributed by atoms with Gasteiger partial charge in [0.2, 0.25) is 0 Å². The number of phenols is 1. The Balaban J connectivity index is 1.94. The smallest absolute Gasteiger partial charge is 0.338 e. The minimum atomic E-state index is -0.724. The van der Waals surface area contributed by atoms with Crippen LogP contribution in [0.3, 0.4) is 0 Å². The van der Waals surface area contributed by atoms with Crippen LogP contribution < -0.4 is 14.9 Å². The van der Waals surface area contributed by atoms with Crippen molar-refractivity contribution in [3.63, 3.8) is 0 Å². The zero-order valence-corrected chi connectivity index (χ0v) is 18.5. The number of ether oxygens (including phenoxy) is 1. The Morgan fingerprint density at radius 3 is 2.70 bits per heavy atom. The summed E-state index contributed by atoms with van der Waals surface area (Å²) in [6.07, 6.45) is 1.50. The number of carbonyl (C=O) groups excluding carboxylic acids is 1. The Labute approximate surface area is 191 Å². The predicted octanol–water partition coefficient (Wildman–Crippen LogP) is 2.41. The predicted molar refractivity (Wildman–Crippen MR) is 122 cm³/mol. The zero-order chi connectivity index (χ0) is 23.7. The van der Waals surface area contributed by atoms with Crippen LogP contribution in [0, 0.1) is 10.1 Å². The van der Waals surface area contributed by atoms with Gasteiger partial charge in [-0.25, -0.2) is 9.79 Å². The number of rotatable bonds is 5. The van der Waals surface area contributed by atoms with Crippen molar-refractivity contribution < 1.29 is 19.6 Å². The van der Waals surface area contributed by atoms with E-state index in [0.717, 1.165) is 16.9 Å². The van der Waals surface area contributed by atoms with Crippen molar-refractivity contribution >= 4 is 29.1 Å². The Kier molecular flexibility index (Phi) is 5.93. The first kappa shape index (κ1) is 22.2. The van der Waals surface area contributed by atoms with E-state index in [9.17, 15) is 24.8 Å². The molecule has 33 heavy (non-hydrogen) atoms. The number of nitrogens with zero attached hydrogens (tertiary/aromatic N) is 3. The van der Waals surface area contributed by atoms with Crippen molar-refractivity contribution in [2.24, 2.45) is 4.99 Å². The van der Waals surface area contributed by atoms with Gasteiger partial charge in [-0.1, -0.05) is 47.7 Å². The average molecular weight is 465 g/mol. The molecule has 1 aromatic heterocycles. The van der Waals surface area contributed by atoms with Crippen molar-refractivity contribution in [1.82, 2.24) is 4.57 Å². The number of aromatic nitrogens is 1. The first-order valence-electron chi connectivity index (χ1n) is 10.0. The van der Waals surface area contributed by atoms with E-state index < -0.39 is 33.9 Å². The van der Waals surface area contributed by atoms with Crippen LogP contribution in [0.1, 0.15) is 31.0 Å². The molecule has 0 saturated carbocycles.